The summed E-state index contributed by atoms with van der Waals surface area (Å²) < 4.78 is 7.46. The lowest BCUT2D eigenvalue weighted by Crippen LogP contribution is -2.29. The molecule has 0 unspecified atom stereocenters. The van der Waals surface area contributed by atoms with Gasteiger partial charge in [0.05, 0.1) is 12.9 Å². The molecule has 18 heavy (non-hydrogen) atoms. The van der Waals surface area contributed by atoms with Gasteiger partial charge in [-0.3, -0.25) is 10.2 Å². The number of hydrazine groups is 1. The van der Waals surface area contributed by atoms with Crippen LogP contribution >= 0.6 is 0 Å². The molecule has 0 atom stereocenters. The molecule has 3 N–H and O–H groups in total. The summed E-state index contributed by atoms with van der Waals surface area (Å²) >= 11 is 0. The van der Waals surface area contributed by atoms with Crippen molar-refractivity contribution in [1.82, 2.24) is 15.0 Å². The number of aromatic nitrogens is 2. The van der Waals surface area contributed by atoms with E-state index in [4.69, 9.17) is 10.6 Å². The first kappa shape index (κ1) is 12.1. The summed E-state index contributed by atoms with van der Waals surface area (Å²) in [6.07, 6.45) is 5.30. The Morgan fingerprint density at radius 1 is 1.50 bits per heavy atom. The van der Waals surface area contributed by atoms with Gasteiger partial charge in [-0.1, -0.05) is 6.07 Å². The molecule has 2 aromatic rings. The van der Waals surface area contributed by atoms with Crippen LogP contribution in [0.3, 0.4) is 0 Å². The minimum Gasteiger partial charge on any atom is -0.492 e. The number of carbonyl (C=O) groups is 1. The molecule has 6 nitrogen and oxygen atoms in total. The van der Waals surface area contributed by atoms with E-state index in [0.29, 0.717) is 24.5 Å². The van der Waals surface area contributed by atoms with Crippen LogP contribution in [-0.4, -0.2) is 22.1 Å². The molecule has 0 fully saturated rings. The fraction of sp³-hybridized carbons (Fsp3) is 0.167. The van der Waals surface area contributed by atoms with E-state index < -0.39 is 0 Å². The summed E-state index contributed by atoms with van der Waals surface area (Å²) in [6.45, 7) is 1.21. The van der Waals surface area contributed by atoms with Gasteiger partial charge in [-0.05, 0) is 18.2 Å². The molecule has 0 spiro atoms. The van der Waals surface area contributed by atoms with Gasteiger partial charge < -0.3 is 9.30 Å². The lowest BCUT2D eigenvalue weighted by atomic mass is 10.2. The number of hydrogen-bond donors (Lipinski definition) is 2. The number of nitrogens with two attached hydrogens (primary N) is 1. The molecule has 0 saturated heterocycles. The van der Waals surface area contributed by atoms with Crippen molar-refractivity contribution in [3.63, 3.8) is 0 Å². The second-order valence-corrected chi connectivity index (χ2v) is 3.65. The van der Waals surface area contributed by atoms with E-state index >= 15 is 0 Å². The lowest BCUT2D eigenvalue weighted by Gasteiger charge is -2.07. The molecule has 0 bridgehead atoms. The van der Waals surface area contributed by atoms with Crippen molar-refractivity contribution in [2.75, 3.05) is 6.61 Å². The van der Waals surface area contributed by atoms with Crippen molar-refractivity contribution in [3.05, 3.63) is 48.5 Å². The predicted octanol–water partition coefficient (Wildman–Crippen LogP) is 0.566. The van der Waals surface area contributed by atoms with Crippen molar-refractivity contribution < 1.29 is 9.53 Å². The van der Waals surface area contributed by atoms with Gasteiger partial charge in [0.15, 0.2) is 0 Å². The molecule has 94 valence electrons. The van der Waals surface area contributed by atoms with E-state index in [0.717, 1.165) is 0 Å². The van der Waals surface area contributed by atoms with E-state index in [1.165, 1.54) is 0 Å². The largest absolute Gasteiger partial charge is 0.492 e. The van der Waals surface area contributed by atoms with Crippen LogP contribution in [0.1, 0.15) is 10.4 Å². The van der Waals surface area contributed by atoms with Crippen molar-refractivity contribution in [2.45, 2.75) is 6.54 Å². The maximum absolute atomic E-state index is 11.3. The van der Waals surface area contributed by atoms with Gasteiger partial charge in [-0.15, -0.1) is 0 Å². The van der Waals surface area contributed by atoms with Crippen LogP contribution in [0, 0.1) is 0 Å². The number of rotatable bonds is 5. The van der Waals surface area contributed by atoms with E-state index in [1.54, 1.807) is 36.8 Å². The van der Waals surface area contributed by atoms with Gasteiger partial charge in [-0.25, -0.2) is 10.8 Å². The van der Waals surface area contributed by atoms with Gasteiger partial charge in [0.25, 0.3) is 5.91 Å². The van der Waals surface area contributed by atoms with Gasteiger partial charge in [0.1, 0.15) is 12.4 Å². The zero-order valence-corrected chi connectivity index (χ0v) is 9.74. The number of hydrogen-bond acceptors (Lipinski definition) is 4. The smallest absolute Gasteiger partial charge is 0.265 e. The predicted molar refractivity (Wildman–Crippen MR) is 65.8 cm³/mol. The molecule has 2 rings (SSSR count). The second-order valence-electron chi connectivity index (χ2n) is 3.65. The van der Waals surface area contributed by atoms with Gasteiger partial charge in [0, 0.05) is 18.0 Å². The standard InChI is InChI=1S/C12H14N4O2/c13-15-12(17)10-2-1-3-11(8-10)18-7-6-16-5-4-14-9-16/h1-5,8-9H,6-7,13H2,(H,15,17). The first-order valence-corrected chi connectivity index (χ1v) is 5.49. The van der Waals surface area contributed by atoms with Crippen molar-refractivity contribution in [3.8, 4) is 5.75 Å². The van der Waals surface area contributed by atoms with Gasteiger partial charge in [-0.2, -0.15) is 0 Å². The lowest BCUT2D eigenvalue weighted by molar-refractivity contribution is 0.0953. The third-order valence-corrected chi connectivity index (χ3v) is 2.40. The molecule has 1 heterocycles. The summed E-state index contributed by atoms with van der Waals surface area (Å²) in [4.78, 5) is 15.3. The van der Waals surface area contributed by atoms with Gasteiger partial charge in [0.2, 0.25) is 0 Å². The SMILES string of the molecule is NNC(=O)c1cccc(OCCn2ccnc2)c1. The Balaban J connectivity index is 1.91. The molecule has 0 aliphatic heterocycles. The summed E-state index contributed by atoms with van der Waals surface area (Å²) in [5.41, 5.74) is 2.55. The summed E-state index contributed by atoms with van der Waals surface area (Å²) in [7, 11) is 0. The Morgan fingerprint density at radius 2 is 2.39 bits per heavy atom. The highest BCUT2D eigenvalue weighted by Gasteiger charge is 2.04. The Kier molecular flexibility index (Phi) is 3.93. The maximum atomic E-state index is 11.3. The van der Waals surface area contributed by atoms with Crippen LogP contribution in [0.5, 0.6) is 5.75 Å². The highest BCUT2D eigenvalue weighted by molar-refractivity contribution is 5.94. The number of nitrogen functional groups attached to an aromatic ring is 1. The average Bonchev–Trinajstić information content (AvgIpc) is 2.91. The first-order chi connectivity index (χ1) is 8.79. The number of ether oxygens (including phenoxy) is 1. The minimum absolute atomic E-state index is 0.338. The number of nitrogens with one attached hydrogen (secondary N) is 1. The van der Waals surface area contributed by atoms with E-state index in [9.17, 15) is 4.79 Å². The van der Waals surface area contributed by atoms with Crippen LogP contribution in [0.4, 0.5) is 0 Å². The van der Waals surface area contributed by atoms with Crippen LogP contribution in [0.25, 0.3) is 0 Å². The summed E-state index contributed by atoms with van der Waals surface area (Å²) in [6, 6.07) is 6.86. The summed E-state index contributed by atoms with van der Waals surface area (Å²) in [5.74, 6) is 5.37. The third-order valence-electron chi connectivity index (χ3n) is 2.40. The molecular formula is C12H14N4O2. The average molecular weight is 246 g/mol. The Hall–Kier alpha value is -2.34. The number of nitrogens with zero attached hydrogens (tertiary/aromatic N) is 2. The van der Waals surface area contributed by atoms with Crippen LogP contribution < -0.4 is 16.0 Å². The third kappa shape index (κ3) is 3.08. The zero-order valence-electron chi connectivity index (χ0n) is 9.74. The first-order valence-electron chi connectivity index (χ1n) is 5.49. The van der Waals surface area contributed by atoms with Crippen LogP contribution in [-0.2, 0) is 6.54 Å². The van der Waals surface area contributed by atoms with E-state index in [1.807, 2.05) is 10.8 Å². The molecular weight excluding hydrogens is 232 g/mol. The van der Waals surface area contributed by atoms with Gasteiger partial charge >= 0.3 is 0 Å². The fourth-order valence-electron chi connectivity index (χ4n) is 1.50. The Labute approximate surface area is 104 Å². The molecule has 0 radical (unpaired) electrons. The number of carbonyl (C=O) groups excluding carboxylic acids is 1. The molecule has 1 aromatic carbocycles. The molecule has 1 amide bonds. The number of benzene rings is 1. The van der Waals surface area contributed by atoms with Crippen LogP contribution in [0.15, 0.2) is 43.0 Å². The normalized spacial score (nSPS) is 10.1. The number of amides is 1. The molecule has 6 heteroatoms. The van der Waals surface area contributed by atoms with Crippen LogP contribution in [0.2, 0.25) is 0 Å². The molecule has 0 aliphatic carbocycles. The van der Waals surface area contributed by atoms with Crippen molar-refractivity contribution in [2.24, 2.45) is 5.84 Å². The summed E-state index contributed by atoms with van der Waals surface area (Å²) in [5, 5.41) is 0. The highest BCUT2D eigenvalue weighted by Crippen LogP contribution is 2.13. The number of imidazole rings is 1. The second kappa shape index (κ2) is 5.83. The topological polar surface area (TPSA) is 82.2 Å². The quantitative estimate of drug-likeness (QED) is 0.459. The van der Waals surface area contributed by atoms with Crippen molar-refractivity contribution >= 4 is 5.91 Å². The zero-order chi connectivity index (χ0) is 12.8. The van der Waals surface area contributed by atoms with E-state index in [2.05, 4.69) is 10.4 Å². The maximum Gasteiger partial charge on any atom is 0.265 e. The molecule has 0 aliphatic rings. The van der Waals surface area contributed by atoms with E-state index in [-0.39, 0.29) is 5.91 Å². The fourth-order valence-corrected chi connectivity index (χ4v) is 1.50. The monoisotopic (exact) mass is 246 g/mol. The molecule has 0 saturated carbocycles. The van der Waals surface area contributed by atoms with Crippen molar-refractivity contribution in [1.29, 1.82) is 0 Å². The highest BCUT2D eigenvalue weighted by atomic mass is 16.5. The molecule has 1 aromatic heterocycles. The Bertz CT molecular complexity index is 511. The Morgan fingerprint density at radius 3 is 3.11 bits per heavy atom. The minimum atomic E-state index is -0.338.